The van der Waals surface area contributed by atoms with Crippen LogP contribution in [0.5, 0.6) is 5.75 Å². The van der Waals surface area contributed by atoms with Gasteiger partial charge in [0.1, 0.15) is 12.1 Å². The van der Waals surface area contributed by atoms with Crippen LogP contribution >= 0.6 is 0 Å². The normalized spacial score (nSPS) is 11.4. The summed E-state index contributed by atoms with van der Waals surface area (Å²) < 4.78 is 33.7. The molecule has 0 saturated heterocycles. The number of anilines is 2. The second-order valence-electron chi connectivity index (χ2n) is 6.65. The molecule has 1 aromatic heterocycles. The maximum Gasteiger partial charge on any atom is 0.243 e. The lowest BCUT2D eigenvalue weighted by molar-refractivity contribution is -0.114. The van der Waals surface area contributed by atoms with E-state index in [1.807, 2.05) is 0 Å². The topological polar surface area (TPSA) is 131 Å². The average molecular weight is 460 g/mol. The molecule has 1 heterocycles. The molecule has 170 valence electrons. The number of hydrogen-bond donors (Lipinski definition) is 2. The van der Waals surface area contributed by atoms with Crippen molar-refractivity contribution in [2.24, 2.45) is 0 Å². The Bertz CT molecular complexity index is 1150. The predicted octanol–water partition coefficient (Wildman–Crippen LogP) is 1.75. The lowest BCUT2D eigenvalue weighted by atomic mass is 10.2. The summed E-state index contributed by atoms with van der Waals surface area (Å²) in [6, 6.07) is 11.6. The number of nitrogens with one attached hydrogen (secondary N) is 2. The van der Waals surface area contributed by atoms with Crippen LogP contribution in [0.2, 0.25) is 0 Å². The molecule has 0 aliphatic rings. The number of methoxy groups -OCH3 is 1. The van der Waals surface area contributed by atoms with Crippen molar-refractivity contribution in [2.45, 2.75) is 18.7 Å². The summed E-state index contributed by atoms with van der Waals surface area (Å²) in [5.74, 6) is 0.00730. The van der Waals surface area contributed by atoms with Crippen LogP contribution in [0.3, 0.4) is 0 Å². The van der Waals surface area contributed by atoms with E-state index in [0.717, 1.165) is 11.4 Å². The molecule has 0 aliphatic heterocycles. The van der Waals surface area contributed by atoms with Crippen molar-refractivity contribution in [1.82, 2.24) is 24.5 Å². The molecule has 0 saturated carbocycles. The van der Waals surface area contributed by atoms with Gasteiger partial charge in [-0.25, -0.2) is 13.1 Å². The lowest BCUT2D eigenvalue weighted by Gasteiger charge is -2.19. The Kier molecular flexibility index (Phi) is 7.38. The van der Waals surface area contributed by atoms with Crippen LogP contribution in [0.1, 0.15) is 13.8 Å². The zero-order valence-corrected chi connectivity index (χ0v) is 18.8. The molecular weight excluding hydrogens is 434 g/mol. The predicted molar refractivity (Wildman–Crippen MR) is 119 cm³/mol. The van der Waals surface area contributed by atoms with E-state index in [0.29, 0.717) is 18.8 Å². The molecule has 2 N–H and O–H groups in total. The summed E-state index contributed by atoms with van der Waals surface area (Å²) in [7, 11) is -2.22. The maximum atomic E-state index is 12.8. The van der Waals surface area contributed by atoms with E-state index in [4.69, 9.17) is 4.74 Å². The molecule has 3 rings (SSSR count). The molecule has 0 radical (unpaired) electrons. The standard InChI is InChI=1S/C20H25N7O4S/c1-4-26(5-2)32(29,30)17-10-11-19(31-3)18(12-17)23-20(28)13-21-15-6-8-16(9-7-15)27-14-22-24-25-27/h6-12,14,21H,4-5,13H2,1-3H3,(H,23,28). The Morgan fingerprint density at radius 3 is 2.44 bits per heavy atom. The van der Waals surface area contributed by atoms with E-state index in [2.05, 4.69) is 26.2 Å². The number of amides is 1. The van der Waals surface area contributed by atoms with Crippen LogP contribution in [0.25, 0.3) is 5.69 Å². The Labute approximate surface area is 186 Å². The minimum atomic E-state index is -3.67. The summed E-state index contributed by atoms with van der Waals surface area (Å²) >= 11 is 0. The smallest absolute Gasteiger partial charge is 0.243 e. The number of hydrogen-bond acceptors (Lipinski definition) is 8. The Hall–Kier alpha value is -3.51. The second-order valence-corrected chi connectivity index (χ2v) is 8.59. The van der Waals surface area contributed by atoms with Gasteiger partial charge in [0.25, 0.3) is 0 Å². The van der Waals surface area contributed by atoms with E-state index in [-0.39, 0.29) is 23.0 Å². The molecule has 0 unspecified atom stereocenters. The molecule has 1 amide bonds. The number of sulfonamides is 1. The average Bonchev–Trinajstić information content (AvgIpc) is 3.33. The van der Waals surface area contributed by atoms with Crippen molar-refractivity contribution < 1.29 is 17.9 Å². The Morgan fingerprint density at radius 2 is 1.84 bits per heavy atom. The van der Waals surface area contributed by atoms with Crippen LogP contribution in [0.4, 0.5) is 11.4 Å². The van der Waals surface area contributed by atoms with Gasteiger partial charge in [0.2, 0.25) is 15.9 Å². The van der Waals surface area contributed by atoms with Crippen molar-refractivity contribution in [3.8, 4) is 11.4 Å². The van der Waals surface area contributed by atoms with Gasteiger partial charge in [-0.15, -0.1) is 5.10 Å². The number of nitrogens with zero attached hydrogens (tertiary/aromatic N) is 5. The fraction of sp³-hybridized carbons (Fsp3) is 0.300. The van der Waals surface area contributed by atoms with Crippen molar-refractivity contribution >= 4 is 27.3 Å². The fourth-order valence-corrected chi connectivity index (χ4v) is 4.53. The molecule has 0 fully saturated rings. The largest absolute Gasteiger partial charge is 0.495 e. The lowest BCUT2D eigenvalue weighted by Crippen LogP contribution is -2.30. The van der Waals surface area contributed by atoms with Gasteiger partial charge in [-0.2, -0.15) is 4.31 Å². The summed E-state index contributed by atoms with van der Waals surface area (Å²) in [6.07, 6.45) is 1.48. The zero-order valence-electron chi connectivity index (χ0n) is 18.0. The van der Waals surface area contributed by atoms with Gasteiger partial charge in [-0.1, -0.05) is 13.8 Å². The van der Waals surface area contributed by atoms with E-state index >= 15 is 0 Å². The first kappa shape index (κ1) is 23.2. The summed E-state index contributed by atoms with van der Waals surface area (Å²) in [5, 5.41) is 16.7. The number of rotatable bonds is 10. The first-order valence-electron chi connectivity index (χ1n) is 9.94. The van der Waals surface area contributed by atoms with Gasteiger partial charge < -0.3 is 15.4 Å². The quantitative estimate of drug-likeness (QED) is 0.469. The Morgan fingerprint density at radius 1 is 1.12 bits per heavy atom. The van der Waals surface area contributed by atoms with Gasteiger partial charge in [-0.05, 0) is 52.9 Å². The number of aromatic nitrogens is 4. The molecule has 3 aromatic rings. The molecular formula is C20H25N7O4S. The van der Waals surface area contributed by atoms with Gasteiger partial charge in [0, 0.05) is 18.8 Å². The minimum Gasteiger partial charge on any atom is -0.495 e. The third kappa shape index (κ3) is 5.21. The van der Waals surface area contributed by atoms with Crippen molar-refractivity contribution in [1.29, 1.82) is 0 Å². The van der Waals surface area contributed by atoms with Gasteiger partial charge >= 0.3 is 0 Å². The third-order valence-electron chi connectivity index (χ3n) is 4.72. The number of ether oxygens (including phenoxy) is 1. The monoisotopic (exact) mass is 459 g/mol. The van der Waals surface area contributed by atoms with Crippen molar-refractivity contribution in [3.63, 3.8) is 0 Å². The highest BCUT2D eigenvalue weighted by Gasteiger charge is 2.23. The first-order valence-corrected chi connectivity index (χ1v) is 11.4. The number of tetrazole rings is 1. The molecule has 0 aliphatic carbocycles. The maximum absolute atomic E-state index is 12.8. The van der Waals surface area contributed by atoms with Crippen molar-refractivity contribution in [3.05, 3.63) is 48.8 Å². The SMILES string of the molecule is CCN(CC)S(=O)(=O)c1ccc(OC)c(NC(=O)CNc2ccc(-n3cnnn3)cc2)c1. The summed E-state index contributed by atoms with van der Waals surface area (Å²) in [6.45, 7) is 4.22. The molecule has 11 nitrogen and oxygen atoms in total. The molecule has 0 bridgehead atoms. The van der Waals surface area contributed by atoms with Gasteiger partial charge in [0.15, 0.2) is 0 Å². The van der Waals surface area contributed by atoms with Crippen LogP contribution in [-0.4, -0.2) is 65.6 Å². The third-order valence-corrected chi connectivity index (χ3v) is 6.77. The van der Waals surface area contributed by atoms with Crippen LogP contribution < -0.4 is 15.4 Å². The van der Waals surface area contributed by atoms with Gasteiger partial charge in [0.05, 0.1) is 29.9 Å². The van der Waals surface area contributed by atoms with Crippen LogP contribution in [-0.2, 0) is 14.8 Å². The van der Waals surface area contributed by atoms with Crippen LogP contribution in [0.15, 0.2) is 53.7 Å². The molecule has 2 aromatic carbocycles. The highest BCUT2D eigenvalue weighted by atomic mass is 32.2. The summed E-state index contributed by atoms with van der Waals surface area (Å²) in [5.41, 5.74) is 1.78. The molecule has 32 heavy (non-hydrogen) atoms. The number of carbonyl (C=O) groups is 1. The number of benzene rings is 2. The van der Waals surface area contributed by atoms with E-state index < -0.39 is 10.0 Å². The van der Waals surface area contributed by atoms with Crippen LogP contribution in [0, 0.1) is 0 Å². The van der Waals surface area contributed by atoms with Gasteiger partial charge in [-0.3, -0.25) is 4.79 Å². The highest BCUT2D eigenvalue weighted by molar-refractivity contribution is 7.89. The minimum absolute atomic E-state index is 0.0274. The molecule has 0 spiro atoms. The van der Waals surface area contributed by atoms with E-state index in [1.54, 1.807) is 38.1 Å². The summed E-state index contributed by atoms with van der Waals surface area (Å²) in [4.78, 5) is 12.6. The fourth-order valence-electron chi connectivity index (χ4n) is 3.05. The van der Waals surface area contributed by atoms with E-state index in [9.17, 15) is 13.2 Å². The molecule has 12 heteroatoms. The second kappa shape index (κ2) is 10.2. The Balaban J connectivity index is 1.68. The number of carbonyl (C=O) groups excluding carboxylic acids is 1. The molecule has 0 atom stereocenters. The van der Waals surface area contributed by atoms with E-state index in [1.165, 1.54) is 40.6 Å². The first-order chi connectivity index (χ1) is 15.4. The van der Waals surface area contributed by atoms with Crippen molar-refractivity contribution in [2.75, 3.05) is 37.4 Å². The zero-order chi connectivity index (χ0) is 23.1. The highest BCUT2D eigenvalue weighted by Crippen LogP contribution is 2.29.